The average Bonchev–Trinajstić information content (AvgIpc) is 3.31. The molecule has 0 radical (unpaired) electrons. The van der Waals surface area contributed by atoms with Gasteiger partial charge in [0.25, 0.3) is 5.91 Å². The number of aryl methyl sites for hydroxylation is 1. The third-order valence-electron chi connectivity index (χ3n) is 9.90. The summed E-state index contributed by atoms with van der Waals surface area (Å²) in [4.78, 5) is 30.6. The van der Waals surface area contributed by atoms with E-state index in [1.54, 1.807) is 11.6 Å². The Morgan fingerprint density at radius 3 is 2.68 bits per heavy atom. The summed E-state index contributed by atoms with van der Waals surface area (Å²) < 4.78 is 12.0. The Morgan fingerprint density at radius 1 is 1.05 bits per heavy atom. The molecule has 3 aliphatic rings. The van der Waals surface area contributed by atoms with Gasteiger partial charge in [0.2, 0.25) is 5.82 Å². The highest BCUT2D eigenvalue weighted by Gasteiger charge is 2.47. The maximum Gasteiger partial charge on any atom is 0.254 e. The minimum absolute atomic E-state index is 0.000171. The van der Waals surface area contributed by atoms with Gasteiger partial charge in [-0.25, -0.2) is 19.5 Å². The fraction of sp³-hybridized carbons (Fsp3) is 0.364. The van der Waals surface area contributed by atoms with E-state index in [0.29, 0.717) is 29.0 Å². The minimum atomic E-state index is 0.000171. The van der Waals surface area contributed by atoms with Crippen LogP contribution < -0.4 is 10.5 Å². The van der Waals surface area contributed by atoms with Crippen LogP contribution in [0.2, 0.25) is 0 Å². The van der Waals surface area contributed by atoms with Gasteiger partial charge in [-0.3, -0.25) is 4.79 Å². The molecule has 1 aromatic carbocycles. The van der Waals surface area contributed by atoms with Crippen molar-refractivity contribution in [3.8, 4) is 28.8 Å². The summed E-state index contributed by atoms with van der Waals surface area (Å²) >= 11 is 0. The Balaban J connectivity index is 1.16. The Morgan fingerprint density at radius 2 is 1.93 bits per heavy atom. The molecule has 6 aromatic rings. The largest absolute Gasteiger partial charge is 0.494 e. The zero-order valence-corrected chi connectivity index (χ0v) is 24.7. The number of carbonyl (C=O) groups excluding carboxylic acids is 1. The van der Waals surface area contributed by atoms with Crippen LogP contribution in [0.1, 0.15) is 36.0 Å². The number of imidazole rings is 1. The second-order valence-corrected chi connectivity index (χ2v) is 12.6. The van der Waals surface area contributed by atoms with E-state index >= 15 is 0 Å². The number of methoxy groups -OCH3 is 1. The van der Waals surface area contributed by atoms with Crippen LogP contribution in [0.15, 0.2) is 54.7 Å². The monoisotopic (exact) mass is 587 g/mol. The van der Waals surface area contributed by atoms with Gasteiger partial charge in [-0.1, -0.05) is 6.07 Å². The first-order valence-electron chi connectivity index (χ1n) is 15.4. The number of likely N-dealkylation sites (tertiary alicyclic amines) is 1. The zero-order valence-electron chi connectivity index (χ0n) is 24.7. The van der Waals surface area contributed by atoms with Crippen molar-refractivity contribution < 1.29 is 9.53 Å². The van der Waals surface area contributed by atoms with Gasteiger partial charge in [0.05, 0.1) is 18.3 Å². The summed E-state index contributed by atoms with van der Waals surface area (Å²) in [5, 5.41) is 5.68. The van der Waals surface area contributed by atoms with Crippen molar-refractivity contribution in [3.05, 3.63) is 60.3 Å². The van der Waals surface area contributed by atoms with E-state index in [1.165, 1.54) is 12.8 Å². The van der Waals surface area contributed by atoms with Crippen molar-refractivity contribution in [2.45, 2.75) is 44.3 Å². The van der Waals surface area contributed by atoms with Crippen LogP contribution in [0.4, 0.5) is 0 Å². The van der Waals surface area contributed by atoms with Gasteiger partial charge < -0.3 is 24.5 Å². The van der Waals surface area contributed by atoms with Crippen molar-refractivity contribution in [2.75, 3.05) is 13.7 Å². The van der Waals surface area contributed by atoms with Gasteiger partial charge in [0.1, 0.15) is 22.6 Å². The molecule has 5 aromatic heterocycles. The van der Waals surface area contributed by atoms with Gasteiger partial charge in [0.15, 0.2) is 11.5 Å². The minimum Gasteiger partial charge on any atom is -0.494 e. The van der Waals surface area contributed by atoms with Crippen molar-refractivity contribution in [3.63, 3.8) is 0 Å². The number of pyridine rings is 2. The molecule has 11 heteroatoms. The third kappa shape index (κ3) is 3.81. The molecule has 2 aliphatic carbocycles. The fourth-order valence-electron chi connectivity index (χ4n) is 7.39. The van der Waals surface area contributed by atoms with Gasteiger partial charge in [-0.2, -0.15) is 0 Å². The number of ether oxygens (including phenoxy) is 1. The summed E-state index contributed by atoms with van der Waals surface area (Å²) in [6.07, 6.45) is 6.37. The van der Waals surface area contributed by atoms with Crippen LogP contribution in [0.3, 0.4) is 0 Å². The van der Waals surface area contributed by atoms with Crippen LogP contribution in [-0.4, -0.2) is 70.2 Å². The van der Waals surface area contributed by atoms with Crippen LogP contribution in [-0.2, 0) is 13.6 Å². The molecule has 0 spiro atoms. The van der Waals surface area contributed by atoms with Crippen molar-refractivity contribution >= 4 is 33.6 Å². The standard InChI is InChI=1S/C33H33N9O2/c1-39-29-23(13-21(15-26(29)44-2)33(43)41-17-20-9-11-24(41)28(20)34)36-32(39)25-14-19-8-10-22(35-31(19)40(25)16-18-6-7-18)30-37-27-5-3-4-12-42(27)38-30/h3-5,8,10,12-15,18,20,24,28H,6-7,9,11,16-17,34H2,1-2H3/t20?,24?,28-/m1/s1. The number of rotatable bonds is 6. The predicted octanol–water partition coefficient (Wildman–Crippen LogP) is 4.28. The Hall–Kier alpha value is -4.77. The number of hydrogen-bond acceptors (Lipinski definition) is 7. The van der Waals surface area contributed by atoms with E-state index in [4.69, 9.17) is 25.4 Å². The Kier molecular flexibility index (Phi) is 5.47. The van der Waals surface area contributed by atoms with Crippen molar-refractivity contribution in [1.29, 1.82) is 0 Å². The number of benzene rings is 1. The van der Waals surface area contributed by atoms with E-state index in [2.05, 4.69) is 26.4 Å². The van der Waals surface area contributed by atoms with Gasteiger partial charge in [-0.15, -0.1) is 5.10 Å². The molecule has 3 atom stereocenters. The van der Waals surface area contributed by atoms with E-state index < -0.39 is 0 Å². The van der Waals surface area contributed by atoms with E-state index in [0.717, 1.165) is 70.9 Å². The Bertz CT molecular complexity index is 2090. The Labute approximate surface area is 253 Å². The first kappa shape index (κ1) is 25.7. The first-order chi connectivity index (χ1) is 21.5. The maximum atomic E-state index is 13.7. The number of carbonyl (C=O) groups is 1. The highest BCUT2D eigenvalue weighted by Crippen LogP contribution is 2.40. The number of fused-ring (bicyclic) bond motifs is 5. The molecule has 9 rings (SSSR count). The van der Waals surface area contributed by atoms with Crippen LogP contribution >= 0.6 is 0 Å². The SMILES string of the molecule is COc1cc(C(=O)N2CC3CCC2[C@@H]3N)cc2nc(-c3cc4ccc(-c5nc6ccccn6n5)nc4n3CC3CC3)n(C)c12. The number of aromatic nitrogens is 7. The molecule has 2 N–H and O–H groups in total. The lowest BCUT2D eigenvalue weighted by Crippen LogP contribution is -2.41. The third-order valence-corrected chi connectivity index (χ3v) is 9.90. The lowest BCUT2D eigenvalue weighted by molar-refractivity contribution is 0.0700. The molecule has 11 nitrogen and oxygen atoms in total. The van der Waals surface area contributed by atoms with Crippen LogP contribution in [0.5, 0.6) is 5.75 Å². The smallest absolute Gasteiger partial charge is 0.254 e. The summed E-state index contributed by atoms with van der Waals surface area (Å²) in [7, 11) is 3.65. The molecule has 1 amide bonds. The van der Waals surface area contributed by atoms with Crippen LogP contribution in [0, 0.1) is 11.8 Å². The first-order valence-corrected chi connectivity index (χ1v) is 15.4. The maximum absolute atomic E-state index is 13.7. The number of amides is 1. The second kappa shape index (κ2) is 9.36. The highest BCUT2D eigenvalue weighted by atomic mass is 16.5. The van der Waals surface area contributed by atoms with E-state index in [9.17, 15) is 4.79 Å². The summed E-state index contributed by atoms with van der Waals surface area (Å²) in [6, 6.07) is 16.0. The topological polar surface area (TPSA) is 121 Å². The molecule has 2 unspecified atom stereocenters. The summed E-state index contributed by atoms with van der Waals surface area (Å²) in [5.41, 5.74) is 12.0. The summed E-state index contributed by atoms with van der Waals surface area (Å²) in [5.74, 6) is 3.02. The molecule has 2 saturated carbocycles. The number of nitrogens with two attached hydrogens (primary N) is 1. The van der Waals surface area contributed by atoms with E-state index in [1.807, 2.05) is 54.5 Å². The molecule has 1 saturated heterocycles. The predicted molar refractivity (Wildman–Crippen MR) is 166 cm³/mol. The molecular weight excluding hydrogens is 554 g/mol. The lowest BCUT2D eigenvalue weighted by atomic mass is 10.1. The van der Waals surface area contributed by atoms with Crippen molar-refractivity contribution in [1.82, 2.24) is 38.6 Å². The van der Waals surface area contributed by atoms with Gasteiger partial charge in [-0.05, 0) is 80.0 Å². The van der Waals surface area contributed by atoms with Crippen LogP contribution in [0.25, 0.3) is 50.8 Å². The molecule has 44 heavy (non-hydrogen) atoms. The quantitative estimate of drug-likeness (QED) is 0.309. The molecule has 222 valence electrons. The lowest BCUT2D eigenvalue weighted by Gasteiger charge is -2.27. The molecular formula is C33H33N9O2. The molecule has 3 fully saturated rings. The van der Waals surface area contributed by atoms with Crippen molar-refractivity contribution in [2.24, 2.45) is 24.6 Å². The van der Waals surface area contributed by atoms with E-state index in [-0.39, 0.29) is 18.0 Å². The zero-order chi connectivity index (χ0) is 29.7. The van der Waals surface area contributed by atoms with Gasteiger partial charge >= 0.3 is 0 Å². The molecule has 1 aliphatic heterocycles. The normalized spacial score (nSPS) is 21.3. The highest BCUT2D eigenvalue weighted by molar-refractivity contribution is 6.00. The van der Waals surface area contributed by atoms with Gasteiger partial charge in [0, 0.05) is 49.4 Å². The average molecular weight is 588 g/mol. The fourth-order valence-corrected chi connectivity index (χ4v) is 7.39. The number of hydrogen-bond donors (Lipinski definition) is 1. The second-order valence-electron chi connectivity index (χ2n) is 12.6. The number of piperidine rings is 1. The summed E-state index contributed by atoms with van der Waals surface area (Å²) in [6.45, 7) is 1.58. The molecule has 6 heterocycles. The molecule has 2 bridgehead atoms. The number of nitrogens with zero attached hydrogens (tertiary/aromatic N) is 8.